The van der Waals surface area contributed by atoms with Crippen molar-refractivity contribution in [3.8, 4) is 5.75 Å². The van der Waals surface area contributed by atoms with E-state index in [0.717, 1.165) is 12.1 Å². The van der Waals surface area contributed by atoms with Crippen molar-refractivity contribution in [2.75, 3.05) is 10.6 Å². The summed E-state index contributed by atoms with van der Waals surface area (Å²) in [5.74, 6) is -0.579. The molecule has 41 heavy (non-hydrogen) atoms. The number of aromatic amines is 1. The highest BCUT2D eigenvalue weighted by Gasteiger charge is 2.36. The van der Waals surface area contributed by atoms with Crippen LogP contribution in [0.4, 0.5) is 34.9 Å². The van der Waals surface area contributed by atoms with E-state index in [0.29, 0.717) is 28.8 Å². The Kier molecular flexibility index (Phi) is 8.09. The molecule has 1 amide bonds. The molecule has 16 heteroatoms. The van der Waals surface area contributed by atoms with Gasteiger partial charge in [-0.1, -0.05) is 17.7 Å². The van der Waals surface area contributed by atoms with Gasteiger partial charge in [0.2, 0.25) is 5.95 Å². The molecule has 218 valence electrons. The maximum Gasteiger partial charge on any atom is 0.466 e. The van der Waals surface area contributed by atoms with Crippen LogP contribution in [0.25, 0.3) is 11.0 Å². The minimum absolute atomic E-state index is 0.0479. The third kappa shape index (κ3) is 7.34. The molecule has 10 nitrogen and oxygen atoms in total. The molecule has 5 rings (SSSR count). The van der Waals surface area contributed by atoms with E-state index in [1.165, 1.54) is 36.4 Å². The number of imidazole rings is 1. The number of carbonyl (C=O) groups is 1. The van der Waals surface area contributed by atoms with Crippen molar-refractivity contribution in [2.24, 2.45) is 0 Å². The number of amides is 1. The van der Waals surface area contributed by atoms with E-state index < -0.39 is 36.9 Å². The maximum absolute atomic E-state index is 14.3. The second-order valence-electron chi connectivity index (χ2n) is 9.52. The summed E-state index contributed by atoms with van der Waals surface area (Å²) in [5.41, 5.74) is 0.689. The molecule has 0 aliphatic carbocycles. The highest BCUT2D eigenvalue weighted by atomic mass is 35.5. The number of fused-ring (bicyclic) bond motifs is 3. The molecule has 4 aromatic rings. The predicted molar refractivity (Wildman–Crippen MR) is 143 cm³/mol. The number of anilines is 3. The Bertz CT molecular complexity index is 1640. The first-order valence-corrected chi connectivity index (χ1v) is 13.6. The Morgan fingerprint density at radius 3 is 2.37 bits per heavy atom. The minimum Gasteiger partial charge on any atom is -0.486 e. The molecule has 0 fully saturated rings. The summed E-state index contributed by atoms with van der Waals surface area (Å²) in [6.45, 7) is 3.72. The lowest BCUT2D eigenvalue weighted by atomic mass is 9.98. The summed E-state index contributed by atoms with van der Waals surface area (Å²) in [5, 5.41) is 5.63. The zero-order valence-corrected chi connectivity index (χ0v) is 22.8. The number of nitrogens with one attached hydrogen (secondary N) is 3. The number of rotatable bonds is 4. The topological polar surface area (TPSA) is 157 Å². The number of nitrogens with zero attached hydrogens (tertiary/aromatic N) is 1. The molecular formula is C25H22ClF4N4O6P. The molecule has 0 saturated heterocycles. The number of hydrogen-bond acceptors (Lipinski definition) is 5. The first-order valence-electron chi connectivity index (χ1n) is 11.6. The lowest BCUT2D eigenvalue weighted by Crippen LogP contribution is -2.25. The number of alkyl halides is 3. The number of para-hydroxylation sites is 1. The van der Waals surface area contributed by atoms with Crippen molar-refractivity contribution in [3.05, 3.63) is 76.1 Å². The smallest absolute Gasteiger partial charge is 0.466 e. The summed E-state index contributed by atoms with van der Waals surface area (Å²) in [6.07, 6.45) is -4.03. The summed E-state index contributed by atoms with van der Waals surface area (Å²) in [7, 11) is -4.64. The summed E-state index contributed by atoms with van der Waals surface area (Å²) in [6, 6.07) is 9.96. The van der Waals surface area contributed by atoms with Gasteiger partial charge in [0.05, 0.1) is 32.9 Å². The van der Waals surface area contributed by atoms with Crippen LogP contribution in [0, 0.1) is 5.82 Å². The largest absolute Gasteiger partial charge is 0.486 e. The summed E-state index contributed by atoms with van der Waals surface area (Å²) in [4.78, 5) is 42.3. The average Bonchev–Trinajstić information content (AvgIpc) is 3.38. The Hall–Kier alpha value is -3.68. The van der Waals surface area contributed by atoms with Crippen LogP contribution in [0.15, 0.2) is 48.5 Å². The van der Waals surface area contributed by atoms with Crippen LogP contribution in [-0.4, -0.2) is 36.2 Å². The molecule has 1 aliphatic heterocycles. The highest BCUT2D eigenvalue weighted by Crippen LogP contribution is 2.43. The van der Waals surface area contributed by atoms with Crippen LogP contribution in [-0.2, 0) is 17.2 Å². The van der Waals surface area contributed by atoms with Crippen molar-refractivity contribution >= 4 is 53.7 Å². The number of ether oxygens (including phenoxy) is 1. The molecule has 0 unspecified atom stereocenters. The van der Waals surface area contributed by atoms with Crippen LogP contribution in [0.2, 0.25) is 5.02 Å². The quantitative estimate of drug-likeness (QED) is 0.118. The van der Waals surface area contributed by atoms with E-state index in [-0.39, 0.29) is 27.9 Å². The van der Waals surface area contributed by atoms with Gasteiger partial charge in [-0.3, -0.25) is 4.79 Å². The van der Waals surface area contributed by atoms with Gasteiger partial charge in [-0.2, -0.15) is 13.2 Å². The van der Waals surface area contributed by atoms with Crippen LogP contribution in [0.5, 0.6) is 5.75 Å². The van der Waals surface area contributed by atoms with Gasteiger partial charge in [0.1, 0.15) is 17.2 Å². The van der Waals surface area contributed by atoms with Crippen molar-refractivity contribution < 1.29 is 46.3 Å². The first kappa shape index (κ1) is 30.3. The minimum atomic E-state index is -4.64. The lowest BCUT2D eigenvalue weighted by molar-refractivity contribution is -0.137. The van der Waals surface area contributed by atoms with Gasteiger partial charge in [0.25, 0.3) is 5.91 Å². The number of benzene rings is 3. The highest BCUT2D eigenvalue weighted by molar-refractivity contribution is 7.45. The molecule has 0 radical (unpaired) electrons. The van der Waals surface area contributed by atoms with E-state index in [9.17, 15) is 22.4 Å². The number of carbonyl (C=O) groups excluding carboxylic acids is 1. The zero-order valence-electron chi connectivity index (χ0n) is 21.2. The van der Waals surface area contributed by atoms with E-state index in [2.05, 4.69) is 20.6 Å². The molecule has 1 aromatic heterocycles. The molecule has 0 spiro atoms. The molecule has 0 atom stereocenters. The van der Waals surface area contributed by atoms with Crippen LogP contribution < -0.4 is 15.4 Å². The third-order valence-corrected chi connectivity index (χ3v) is 6.04. The molecule has 3 aromatic carbocycles. The number of H-pyrrole nitrogens is 1. The van der Waals surface area contributed by atoms with E-state index in [1.54, 1.807) is 0 Å². The van der Waals surface area contributed by atoms with Crippen molar-refractivity contribution in [2.45, 2.75) is 32.0 Å². The summed E-state index contributed by atoms with van der Waals surface area (Å²) < 4.78 is 67.8. The maximum atomic E-state index is 14.3. The fourth-order valence-corrected chi connectivity index (χ4v) is 4.33. The molecule has 6 N–H and O–H groups in total. The van der Waals surface area contributed by atoms with Crippen molar-refractivity contribution in [1.82, 2.24) is 9.97 Å². The van der Waals surface area contributed by atoms with E-state index in [4.69, 9.17) is 35.6 Å². The third-order valence-electron chi connectivity index (χ3n) is 5.73. The number of phosphoric acid groups is 1. The second kappa shape index (κ2) is 11.0. The zero-order chi connectivity index (χ0) is 30.3. The Morgan fingerprint density at radius 1 is 1.15 bits per heavy atom. The number of aromatic nitrogens is 2. The predicted octanol–water partition coefficient (Wildman–Crippen LogP) is 6.16. The van der Waals surface area contributed by atoms with E-state index >= 15 is 0 Å². The Morgan fingerprint density at radius 2 is 1.78 bits per heavy atom. The molecular weight excluding hydrogens is 595 g/mol. The van der Waals surface area contributed by atoms with Gasteiger partial charge in [0.15, 0.2) is 0 Å². The molecule has 0 bridgehead atoms. The molecule has 2 heterocycles. The summed E-state index contributed by atoms with van der Waals surface area (Å²) >= 11 is 6.11. The first-order chi connectivity index (χ1) is 18.9. The van der Waals surface area contributed by atoms with Crippen molar-refractivity contribution in [1.29, 1.82) is 0 Å². The fourth-order valence-electron chi connectivity index (χ4n) is 4.12. The Labute approximate surface area is 234 Å². The van der Waals surface area contributed by atoms with Gasteiger partial charge in [-0.05, 0) is 56.3 Å². The van der Waals surface area contributed by atoms with Crippen LogP contribution >= 0.6 is 19.4 Å². The average molecular weight is 617 g/mol. The van der Waals surface area contributed by atoms with Gasteiger partial charge in [-0.15, -0.1) is 0 Å². The number of halogens is 5. The van der Waals surface area contributed by atoms with Gasteiger partial charge < -0.3 is 35.0 Å². The molecule has 0 saturated carbocycles. The second-order valence-corrected chi connectivity index (χ2v) is 10.9. The van der Waals surface area contributed by atoms with Crippen LogP contribution in [0.1, 0.15) is 35.3 Å². The molecule has 1 aliphatic rings. The number of hydrogen-bond donors (Lipinski definition) is 6. The van der Waals surface area contributed by atoms with Gasteiger partial charge >= 0.3 is 14.0 Å². The van der Waals surface area contributed by atoms with Crippen LogP contribution in [0.3, 0.4) is 0 Å². The fraction of sp³-hybridized carbons (Fsp3) is 0.200. The van der Waals surface area contributed by atoms with Gasteiger partial charge in [0, 0.05) is 17.7 Å². The standard InChI is InChI=1S/C25H19ClF4N4O2.H3O4P/c1-24(2)11-15-19-18(32-23(33-19)34-20-16(26)4-3-5-17(20)27)10-14(21(15)36-24)22(35)31-13-8-6-12(7-9-13)25(28,29)30;1-5(2,3)4/h3-10H,11H2,1-2H3,(H,31,35)(H2,32,33,34);(H3,1,2,3,4). The van der Waals surface area contributed by atoms with E-state index in [1.807, 2.05) is 13.8 Å². The Balaban J connectivity index is 0.000000714. The monoisotopic (exact) mass is 616 g/mol. The van der Waals surface area contributed by atoms with Gasteiger partial charge in [-0.25, -0.2) is 13.9 Å². The normalized spacial score (nSPS) is 14.1. The SMILES string of the molecule is CC1(C)Cc2c(c(C(=O)Nc3ccc(C(F)(F)F)cc3)cc3[nH]c(Nc4c(F)cccc4Cl)nc23)O1.O=P(O)(O)O. The van der Waals surface area contributed by atoms with Crippen molar-refractivity contribution in [3.63, 3.8) is 0 Å². The lowest BCUT2D eigenvalue weighted by Gasteiger charge is -2.18.